The molecule has 1 aromatic rings. The van der Waals surface area contributed by atoms with E-state index in [1.54, 1.807) is 6.07 Å². The topological polar surface area (TPSA) is 20.2 Å². The zero-order valence-electron chi connectivity index (χ0n) is 8.60. The highest BCUT2D eigenvalue weighted by Gasteiger charge is 1.99. The van der Waals surface area contributed by atoms with Crippen molar-refractivity contribution in [1.29, 1.82) is 0 Å². The van der Waals surface area contributed by atoms with Gasteiger partial charge in [0.15, 0.2) is 0 Å². The van der Waals surface area contributed by atoms with Crippen LogP contribution in [0.25, 0.3) is 0 Å². The maximum absolute atomic E-state index is 9.22. The number of phenolic OH excluding ortho intramolecular Hbond substituents is 1. The summed E-state index contributed by atoms with van der Waals surface area (Å²) in [5.74, 6) is 0.392. The molecule has 0 aliphatic carbocycles. The highest BCUT2D eigenvalue weighted by atomic mass is 16.3. The van der Waals surface area contributed by atoms with Crippen LogP contribution < -0.4 is 0 Å². The fourth-order valence-corrected chi connectivity index (χ4v) is 0.942. The van der Waals surface area contributed by atoms with Gasteiger partial charge in [0.05, 0.1) is 0 Å². The molecule has 0 aliphatic heterocycles. The molecule has 0 saturated heterocycles. The molecular formula is C11H18O. The van der Waals surface area contributed by atoms with Crippen LogP contribution in [-0.4, -0.2) is 5.11 Å². The average molecular weight is 166 g/mol. The van der Waals surface area contributed by atoms with E-state index in [0.717, 1.165) is 5.56 Å². The Labute approximate surface area is 75.1 Å². The summed E-state index contributed by atoms with van der Waals surface area (Å²) in [6, 6.07) is 3.66. The molecular weight excluding hydrogens is 148 g/mol. The summed E-state index contributed by atoms with van der Waals surface area (Å²) < 4.78 is 0. The van der Waals surface area contributed by atoms with Crippen molar-refractivity contribution >= 4 is 0 Å². The average Bonchev–Trinajstić information content (AvgIpc) is 2.12. The minimum absolute atomic E-state index is 0.392. The van der Waals surface area contributed by atoms with Gasteiger partial charge in [-0.05, 0) is 43.5 Å². The number of benzene rings is 1. The van der Waals surface area contributed by atoms with E-state index in [0.29, 0.717) is 5.75 Å². The van der Waals surface area contributed by atoms with Gasteiger partial charge in [-0.15, -0.1) is 0 Å². The molecule has 1 rings (SSSR count). The highest BCUT2D eigenvalue weighted by molar-refractivity contribution is 5.41. The smallest absolute Gasteiger partial charge is 0.118 e. The molecule has 1 heteroatoms. The van der Waals surface area contributed by atoms with Crippen LogP contribution in [0.4, 0.5) is 0 Å². The summed E-state index contributed by atoms with van der Waals surface area (Å²) in [7, 11) is 0. The lowest BCUT2D eigenvalue weighted by Crippen LogP contribution is -1.85. The first-order valence-electron chi connectivity index (χ1n) is 4.38. The summed E-state index contributed by atoms with van der Waals surface area (Å²) in [6.07, 6.45) is 0. The van der Waals surface area contributed by atoms with Crippen molar-refractivity contribution in [3.63, 3.8) is 0 Å². The van der Waals surface area contributed by atoms with Gasteiger partial charge >= 0.3 is 0 Å². The molecule has 0 radical (unpaired) electrons. The Morgan fingerprint density at radius 1 is 0.917 bits per heavy atom. The second-order valence-electron chi connectivity index (χ2n) is 2.65. The third-order valence-electron chi connectivity index (χ3n) is 2.03. The van der Waals surface area contributed by atoms with E-state index in [9.17, 15) is 5.11 Å². The number of hydrogen-bond donors (Lipinski definition) is 1. The fourth-order valence-electron chi connectivity index (χ4n) is 0.942. The van der Waals surface area contributed by atoms with Crippen molar-refractivity contribution in [1.82, 2.24) is 0 Å². The van der Waals surface area contributed by atoms with Crippen LogP contribution >= 0.6 is 0 Å². The maximum Gasteiger partial charge on any atom is 0.118 e. The Morgan fingerprint density at radius 3 is 1.83 bits per heavy atom. The summed E-state index contributed by atoms with van der Waals surface area (Å²) in [5.41, 5.74) is 3.40. The lowest BCUT2D eigenvalue weighted by molar-refractivity contribution is 0.470. The highest BCUT2D eigenvalue weighted by Crippen LogP contribution is 2.21. The van der Waals surface area contributed by atoms with E-state index in [2.05, 4.69) is 0 Å². The molecule has 12 heavy (non-hydrogen) atoms. The summed E-state index contributed by atoms with van der Waals surface area (Å²) in [5, 5.41) is 9.22. The minimum Gasteiger partial charge on any atom is -0.508 e. The first-order valence-corrected chi connectivity index (χ1v) is 4.38. The summed E-state index contributed by atoms with van der Waals surface area (Å²) in [6.45, 7) is 9.99. The third-order valence-corrected chi connectivity index (χ3v) is 2.03. The number of hydrogen-bond acceptors (Lipinski definition) is 1. The third kappa shape index (κ3) is 2.26. The molecule has 0 unspecified atom stereocenters. The standard InChI is InChI=1S/C9H12O.C2H6/c1-6-4-5-9(10)8(3)7(6)2;1-2/h4-5,10H,1-3H3;1-2H3. The van der Waals surface area contributed by atoms with Crippen molar-refractivity contribution in [2.45, 2.75) is 34.6 Å². The van der Waals surface area contributed by atoms with Crippen molar-refractivity contribution in [3.05, 3.63) is 28.8 Å². The van der Waals surface area contributed by atoms with E-state index in [1.807, 2.05) is 40.7 Å². The van der Waals surface area contributed by atoms with Gasteiger partial charge in [-0.3, -0.25) is 0 Å². The maximum atomic E-state index is 9.22. The van der Waals surface area contributed by atoms with Gasteiger partial charge in [0.25, 0.3) is 0 Å². The van der Waals surface area contributed by atoms with Crippen LogP contribution in [0.3, 0.4) is 0 Å². The van der Waals surface area contributed by atoms with Gasteiger partial charge in [-0.25, -0.2) is 0 Å². The second kappa shape index (κ2) is 4.81. The van der Waals surface area contributed by atoms with Gasteiger partial charge in [0, 0.05) is 0 Å². The SMILES string of the molecule is CC.Cc1ccc(O)c(C)c1C. The Balaban J connectivity index is 0.000000561. The largest absolute Gasteiger partial charge is 0.508 e. The zero-order chi connectivity index (χ0) is 9.72. The molecule has 0 heterocycles. The number of phenols is 1. The summed E-state index contributed by atoms with van der Waals surface area (Å²) in [4.78, 5) is 0. The molecule has 0 atom stereocenters. The monoisotopic (exact) mass is 166 g/mol. The van der Waals surface area contributed by atoms with Crippen LogP contribution in [0.2, 0.25) is 0 Å². The lowest BCUT2D eigenvalue weighted by Gasteiger charge is -2.04. The molecule has 0 aliphatic rings. The van der Waals surface area contributed by atoms with Crippen molar-refractivity contribution in [2.24, 2.45) is 0 Å². The van der Waals surface area contributed by atoms with Gasteiger partial charge < -0.3 is 5.11 Å². The quantitative estimate of drug-likeness (QED) is 0.626. The molecule has 1 aromatic carbocycles. The molecule has 0 saturated carbocycles. The predicted molar refractivity (Wildman–Crippen MR) is 53.7 cm³/mol. The Bertz CT molecular complexity index is 224. The number of aryl methyl sites for hydroxylation is 1. The Hall–Kier alpha value is -0.980. The van der Waals surface area contributed by atoms with Crippen molar-refractivity contribution in [3.8, 4) is 5.75 Å². The van der Waals surface area contributed by atoms with Crippen LogP contribution in [0, 0.1) is 20.8 Å². The van der Waals surface area contributed by atoms with Crippen molar-refractivity contribution in [2.75, 3.05) is 0 Å². The molecule has 0 spiro atoms. The van der Waals surface area contributed by atoms with Crippen LogP contribution in [0.15, 0.2) is 12.1 Å². The fraction of sp³-hybridized carbons (Fsp3) is 0.455. The van der Waals surface area contributed by atoms with Crippen LogP contribution in [0.5, 0.6) is 5.75 Å². The summed E-state index contributed by atoms with van der Waals surface area (Å²) >= 11 is 0. The Kier molecular flexibility index (Phi) is 4.42. The Morgan fingerprint density at radius 2 is 1.42 bits per heavy atom. The van der Waals surface area contributed by atoms with Crippen molar-refractivity contribution < 1.29 is 5.11 Å². The van der Waals surface area contributed by atoms with Gasteiger partial charge in [-0.2, -0.15) is 0 Å². The molecule has 0 fully saturated rings. The van der Waals surface area contributed by atoms with Gasteiger partial charge in [-0.1, -0.05) is 19.9 Å². The van der Waals surface area contributed by atoms with E-state index in [4.69, 9.17) is 0 Å². The van der Waals surface area contributed by atoms with E-state index < -0.39 is 0 Å². The minimum atomic E-state index is 0.392. The molecule has 1 nitrogen and oxygen atoms in total. The first-order chi connectivity index (χ1) is 5.63. The van der Waals surface area contributed by atoms with E-state index in [1.165, 1.54) is 11.1 Å². The van der Waals surface area contributed by atoms with E-state index in [-0.39, 0.29) is 0 Å². The molecule has 0 amide bonds. The lowest BCUT2D eigenvalue weighted by atomic mass is 10.0. The van der Waals surface area contributed by atoms with Crippen LogP contribution in [0.1, 0.15) is 30.5 Å². The van der Waals surface area contributed by atoms with Gasteiger partial charge in [0.1, 0.15) is 5.75 Å². The molecule has 68 valence electrons. The second-order valence-corrected chi connectivity index (χ2v) is 2.65. The van der Waals surface area contributed by atoms with E-state index >= 15 is 0 Å². The molecule has 0 bridgehead atoms. The van der Waals surface area contributed by atoms with Crippen LogP contribution in [-0.2, 0) is 0 Å². The molecule has 0 aromatic heterocycles. The molecule has 1 N–H and O–H groups in total. The zero-order valence-corrected chi connectivity index (χ0v) is 8.60. The predicted octanol–water partition coefficient (Wildman–Crippen LogP) is 3.34. The number of rotatable bonds is 0. The van der Waals surface area contributed by atoms with Gasteiger partial charge in [0.2, 0.25) is 0 Å². The normalized spacial score (nSPS) is 8.75. The number of aromatic hydroxyl groups is 1. The first kappa shape index (κ1) is 11.0.